The number of hydrogen-bond donors (Lipinski definition) is 1. The molecule has 0 bridgehead atoms. The molecule has 1 aliphatic rings. The Morgan fingerprint density at radius 1 is 1.17 bits per heavy atom. The van der Waals surface area contributed by atoms with Crippen molar-refractivity contribution in [2.45, 2.75) is 19.4 Å². The molecule has 1 N–H and O–H groups in total. The first-order valence-corrected chi connectivity index (χ1v) is 6.70. The van der Waals surface area contributed by atoms with Gasteiger partial charge in [0.15, 0.2) is 0 Å². The Morgan fingerprint density at radius 3 is 2.78 bits per heavy atom. The van der Waals surface area contributed by atoms with Gasteiger partial charge in [-0.1, -0.05) is 53.0 Å². The van der Waals surface area contributed by atoms with E-state index in [1.165, 1.54) is 11.1 Å². The van der Waals surface area contributed by atoms with Gasteiger partial charge in [0.1, 0.15) is 0 Å². The molecular formula is C15H13Cl2N. The Kier molecular flexibility index (Phi) is 2.96. The van der Waals surface area contributed by atoms with Gasteiger partial charge in [-0.2, -0.15) is 0 Å². The summed E-state index contributed by atoms with van der Waals surface area (Å²) in [5, 5.41) is 4.92. The number of aryl methyl sites for hydroxylation is 1. The fourth-order valence-corrected chi connectivity index (χ4v) is 3.04. The van der Waals surface area contributed by atoms with Crippen LogP contribution in [-0.2, 0) is 6.42 Å². The SMILES string of the molecule is Cc1cccc(C2Cc3c(Cl)cc(Cl)cc3N2)c1. The molecule has 0 fully saturated rings. The van der Waals surface area contributed by atoms with Crippen LogP contribution in [0.2, 0.25) is 10.0 Å². The quantitative estimate of drug-likeness (QED) is 0.773. The van der Waals surface area contributed by atoms with E-state index < -0.39 is 0 Å². The second-order valence-electron chi connectivity index (χ2n) is 4.73. The average Bonchev–Trinajstić information content (AvgIpc) is 2.73. The van der Waals surface area contributed by atoms with Crippen LogP contribution in [-0.4, -0.2) is 0 Å². The van der Waals surface area contributed by atoms with Gasteiger partial charge in [0.05, 0.1) is 6.04 Å². The van der Waals surface area contributed by atoms with Crippen molar-refractivity contribution in [3.8, 4) is 0 Å². The van der Waals surface area contributed by atoms with E-state index in [2.05, 4.69) is 36.5 Å². The van der Waals surface area contributed by atoms with E-state index in [0.717, 1.165) is 22.7 Å². The Morgan fingerprint density at radius 2 is 2.00 bits per heavy atom. The first-order valence-electron chi connectivity index (χ1n) is 5.94. The monoisotopic (exact) mass is 277 g/mol. The van der Waals surface area contributed by atoms with Crippen LogP contribution in [0.5, 0.6) is 0 Å². The maximum atomic E-state index is 6.23. The van der Waals surface area contributed by atoms with Crippen LogP contribution < -0.4 is 5.32 Å². The molecule has 18 heavy (non-hydrogen) atoms. The molecule has 1 atom stereocenters. The van der Waals surface area contributed by atoms with E-state index in [9.17, 15) is 0 Å². The minimum absolute atomic E-state index is 0.288. The summed E-state index contributed by atoms with van der Waals surface area (Å²) >= 11 is 12.3. The summed E-state index contributed by atoms with van der Waals surface area (Å²) in [4.78, 5) is 0. The highest BCUT2D eigenvalue weighted by Gasteiger charge is 2.24. The van der Waals surface area contributed by atoms with Crippen LogP contribution in [0.15, 0.2) is 36.4 Å². The van der Waals surface area contributed by atoms with Gasteiger partial charge in [0.2, 0.25) is 0 Å². The van der Waals surface area contributed by atoms with Gasteiger partial charge in [0, 0.05) is 22.2 Å². The molecule has 0 saturated heterocycles. The lowest BCUT2D eigenvalue weighted by Crippen LogP contribution is -2.05. The first kappa shape index (κ1) is 11.9. The summed E-state index contributed by atoms with van der Waals surface area (Å²) in [5.74, 6) is 0. The largest absolute Gasteiger partial charge is 0.378 e. The minimum atomic E-state index is 0.288. The second-order valence-corrected chi connectivity index (χ2v) is 5.57. The molecule has 0 saturated carbocycles. The molecule has 2 aromatic rings. The summed E-state index contributed by atoms with van der Waals surface area (Å²) < 4.78 is 0. The molecule has 92 valence electrons. The molecule has 0 amide bonds. The average molecular weight is 278 g/mol. The topological polar surface area (TPSA) is 12.0 Å². The number of fused-ring (bicyclic) bond motifs is 1. The molecule has 3 heteroatoms. The molecular weight excluding hydrogens is 265 g/mol. The molecule has 0 spiro atoms. The zero-order valence-electron chi connectivity index (χ0n) is 10.0. The van der Waals surface area contributed by atoms with E-state index in [1.54, 1.807) is 0 Å². The molecule has 0 radical (unpaired) electrons. The van der Waals surface area contributed by atoms with E-state index in [0.29, 0.717) is 5.02 Å². The highest BCUT2D eigenvalue weighted by Crippen LogP contribution is 2.40. The van der Waals surface area contributed by atoms with Crippen molar-refractivity contribution < 1.29 is 0 Å². The Bertz CT molecular complexity index is 607. The molecule has 0 aromatic heterocycles. The van der Waals surface area contributed by atoms with E-state index >= 15 is 0 Å². The molecule has 2 aromatic carbocycles. The number of nitrogens with one attached hydrogen (secondary N) is 1. The zero-order chi connectivity index (χ0) is 12.7. The summed E-state index contributed by atoms with van der Waals surface area (Å²) in [6.07, 6.45) is 0.911. The number of halogens is 2. The van der Waals surface area contributed by atoms with Crippen molar-refractivity contribution in [1.29, 1.82) is 0 Å². The Labute approximate surface area is 117 Å². The van der Waals surface area contributed by atoms with Gasteiger partial charge < -0.3 is 5.32 Å². The van der Waals surface area contributed by atoms with Gasteiger partial charge >= 0.3 is 0 Å². The first-order chi connectivity index (χ1) is 8.63. The van der Waals surface area contributed by atoms with Gasteiger partial charge in [-0.25, -0.2) is 0 Å². The third-order valence-electron chi connectivity index (χ3n) is 3.34. The minimum Gasteiger partial charge on any atom is -0.378 e. The van der Waals surface area contributed by atoms with Crippen molar-refractivity contribution in [3.63, 3.8) is 0 Å². The Hall–Kier alpha value is -1.18. The van der Waals surface area contributed by atoms with Crippen LogP contribution >= 0.6 is 23.2 Å². The number of benzene rings is 2. The second kappa shape index (κ2) is 4.49. The summed E-state index contributed by atoms with van der Waals surface area (Å²) in [7, 11) is 0. The van der Waals surface area contributed by atoms with Crippen molar-refractivity contribution >= 4 is 28.9 Å². The third kappa shape index (κ3) is 2.09. The normalized spacial score (nSPS) is 17.4. The van der Waals surface area contributed by atoms with Crippen molar-refractivity contribution in [3.05, 3.63) is 63.1 Å². The van der Waals surface area contributed by atoms with Crippen LogP contribution in [0.1, 0.15) is 22.7 Å². The van der Waals surface area contributed by atoms with Crippen LogP contribution in [0.3, 0.4) is 0 Å². The Balaban J connectivity index is 1.96. The smallest absolute Gasteiger partial charge is 0.0555 e. The van der Waals surface area contributed by atoms with Gasteiger partial charge in [-0.05, 0) is 30.2 Å². The van der Waals surface area contributed by atoms with Crippen LogP contribution in [0.25, 0.3) is 0 Å². The van der Waals surface area contributed by atoms with E-state index in [4.69, 9.17) is 23.2 Å². The molecule has 1 unspecified atom stereocenters. The maximum Gasteiger partial charge on any atom is 0.0555 e. The molecule has 1 nitrogen and oxygen atoms in total. The summed E-state index contributed by atoms with van der Waals surface area (Å²) in [6, 6.07) is 12.6. The number of anilines is 1. The molecule has 3 rings (SSSR count). The molecule has 0 aliphatic carbocycles. The van der Waals surface area contributed by atoms with Crippen molar-refractivity contribution in [2.75, 3.05) is 5.32 Å². The fourth-order valence-electron chi connectivity index (χ4n) is 2.47. The van der Waals surface area contributed by atoms with Crippen LogP contribution in [0, 0.1) is 6.92 Å². The highest BCUT2D eigenvalue weighted by molar-refractivity contribution is 6.35. The number of rotatable bonds is 1. The van der Waals surface area contributed by atoms with E-state index in [-0.39, 0.29) is 6.04 Å². The van der Waals surface area contributed by atoms with Gasteiger partial charge in [-0.15, -0.1) is 0 Å². The predicted molar refractivity (Wildman–Crippen MR) is 77.7 cm³/mol. The molecule has 1 aliphatic heterocycles. The summed E-state index contributed by atoms with van der Waals surface area (Å²) in [5.41, 5.74) is 4.78. The zero-order valence-corrected chi connectivity index (χ0v) is 11.5. The standard InChI is InChI=1S/C15H13Cl2N/c1-9-3-2-4-10(5-9)14-8-12-13(17)6-11(16)7-15(12)18-14/h2-7,14,18H,8H2,1H3. The lowest BCUT2D eigenvalue weighted by molar-refractivity contribution is 0.823. The van der Waals surface area contributed by atoms with E-state index in [1.807, 2.05) is 12.1 Å². The van der Waals surface area contributed by atoms with Crippen molar-refractivity contribution in [2.24, 2.45) is 0 Å². The van der Waals surface area contributed by atoms with Crippen molar-refractivity contribution in [1.82, 2.24) is 0 Å². The molecule has 1 heterocycles. The maximum absolute atomic E-state index is 6.23. The van der Waals surface area contributed by atoms with Crippen LogP contribution in [0.4, 0.5) is 5.69 Å². The lowest BCUT2D eigenvalue weighted by Gasteiger charge is -2.12. The third-order valence-corrected chi connectivity index (χ3v) is 3.90. The fraction of sp³-hybridized carbons (Fsp3) is 0.200. The predicted octanol–water partition coefficient (Wildman–Crippen LogP) is 5.01. The van der Waals surface area contributed by atoms with Gasteiger partial charge in [0.25, 0.3) is 0 Å². The highest BCUT2D eigenvalue weighted by atomic mass is 35.5. The number of hydrogen-bond acceptors (Lipinski definition) is 1. The van der Waals surface area contributed by atoms with Gasteiger partial charge in [-0.3, -0.25) is 0 Å². The summed E-state index contributed by atoms with van der Waals surface area (Å²) in [6.45, 7) is 2.11. The lowest BCUT2D eigenvalue weighted by atomic mass is 10.0.